The van der Waals surface area contributed by atoms with Gasteiger partial charge in [0.05, 0.1) is 5.69 Å². The summed E-state index contributed by atoms with van der Waals surface area (Å²) in [4.78, 5) is 25.5. The molecule has 1 aliphatic rings. The van der Waals surface area contributed by atoms with Crippen molar-refractivity contribution in [1.29, 1.82) is 0 Å². The monoisotopic (exact) mass is 386 g/mol. The lowest BCUT2D eigenvalue weighted by atomic mass is 10.1. The molecule has 1 atom stereocenters. The third kappa shape index (κ3) is 2.81. The number of carbonyl (C=O) groups is 2. The van der Waals surface area contributed by atoms with Crippen LogP contribution in [-0.4, -0.2) is 31.6 Å². The van der Waals surface area contributed by atoms with Gasteiger partial charge < -0.3 is 5.32 Å². The minimum atomic E-state index is -4.01. The highest BCUT2D eigenvalue weighted by Crippen LogP contribution is 2.40. The number of amides is 2. The quantitative estimate of drug-likeness (QED) is 0.803. The van der Waals surface area contributed by atoms with Gasteiger partial charge in [-0.05, 0) is 25.1 Å². The van der Waals surface area contributed by atoms with Crippen molar-refractivity contribution in [3.05, 3.63) is 45.7 Å². The number of carbonyl (C=O) groups excluding carboxylic acids is 2. The Morgan fingerprint density at radius 3 is 2.60 bits per heavy atom. The van der Waals surface area contributed by atoms with Gasteiger partial charge in [0.15, 0.2) is 5.92 Å². The second-order valence-electron chi connectivity index (χ2n) is 5.44. The number of nitrogens with one attached hydrogen (secondary N) is 1. The highest BCUT2D eigenvalue weighted by atomic mass is 32.2. The molecule has 1 aliphatic heterocycles. The maximum atomic E-state index is 13.7. The SMILES string of the molecule is Cc1cc2c(s1)C(C(=O)Nc1ccc(F)cc1F)C(=O)N(C)S2(=O)=O. The summed E-state index contributed by atoms with van der Waals surface area (Å²) in [6.07, 6.45) is 0. The Labute approximate surface area is 146 Å². The van der Waals surface area contributed by atoms with E-state index >= 15 is 0 Å². The van der Waals surface area contributed by atoms with Crippen LogP contribution in [0.3, 0.4) is 0 Å². The van der Waals surface area contributed by atoms with Crippen LogP contribution >= 0.6 is 11.3 Å². The van der Waals surface area contributed by atoms with E-state index in [0.717, 1.165) is 30.5 Å². The predicted molar refractivity (Wildman–Crippen MR) is 86.7 cm³/mol. The second-order valence-corrected chi connectivity index (χ2v) is 8.67. The zero-order chi connectivity index (χ0) is 18.5. The molecule has 1 aromatic carbocycles. The van der Waals surface area contributed by atoms with Crippen LogP contribution in [0.2, 0.25) is 0 Å². The Balaban J connectivity index is 2.03. The van der Waals surface area contributed by atoms with Crippen molar-refractivity contribution < 1.29 is 26.8 Å². The number of fused-ring (bicyclic) bond motifs is 1. The van der Waals surface area contributed by atoms with Crippen LogP contribution in [0, 0.1) is 18.6 Å². The summed E-state index contributed by atoms with van der Waals surface area (Å²) < 4.78 is 51.8. The van der Waals surface area contributed by atoms with Crippen LogP contribution < -0.4 is 5.32 Å². The Kier molecular flexibility index (Phi) is 4.12. The highest BCUT2D eigenvalue weighted by molar-refractivity contribution is 7.90. The Hall–Kier alpha value is -2.33. The third-order valence-corrected chi connectivity index (χ3v) is 6.80. The van der Waals surface area contributed by atoms with E-state index in [1.54, 1.807) is 6.92 Å². The smallest absolute Gasteiger partial charge is 0.267 e. The molecule has 0 radical (unpaired) electrons. The van der Waals surface area contributed by atoms with Crippen LogP contribution in [0.5, 0.6) is 0 Å². The van der Waals surface area contributed by atoms with Crippen LogP contribution in [0.4, 0.5) is 14.5 Å². The average molecular weight is 386 g/mol. The largest absolute Gasteiger partial charge is 0.323 e. The molecule has 0 bridgehead atoms. The van der Waals surface area contributed by atoms with Gasteiger partial charge in [0.1, 0.15) is 16.5 Å². The van der Waals surface area contributed by atoms with E-state index in [9.17, 15) is 26.8 Å². The first-order chi connectivity index (χ1) is 11.6. The molecule has 10 heteroatoms. The van der Waals surface area contributed by atoms with E-state index in [2.05, 4.69) is 5.32 Å². The number of rotatable bonds is 2. The first-order valence-electron chi connectivity index (χ1n) is 7.02. The van der Waals surface area contributed by atoms with Crippen molar-refractivity contribution >= 4 is 38.9 Å². The van der Waals surface area contributed by atoms with Gasteiger partial charge in [0.25, 0.3) is 15.9 Å². The Bertz CT molecular complexity index is 1000. The molecule has 0 saturated carbocycles. The second kappa shape index (κ2) is 5.88. The average Bonchev–Trinajstić information content (AvgIpc) is 2.91. The topological polar surface area (TPSA) is 83.6 Å². The zero-order valence-corrected chi connectivity index (χ0v) is 14.7. The Morgan fingerprint density at radius 2 is 1.96 bits per heavy atom. The fourth-order valence-electron chi connectivity index (χ4n) is 2.50. The van der Waals surface area contributed by atoms with Crippen molar-refractivity contribution in [2.45, 2.75) is 17.7 Å². The first kappa shape index (κ1) is 17.5. The van der Waals surface area contributed by atoms with Crippen LogP contribution in [0.25, 0.3) is 0 Å². The maximum absolute atomic E-state index is 13.7. The third-order valence-electron chi connectivity index (χ3n) is 3.76. The van der Waals surface area contributed by atoms with Crippen molar-refractivity contribution in [2.24, 2.45) is 0 Å². The van der Waals surface area contributed by atoms with Crippen molar-refractivity contribution in [1.82, 2.24) is 4.31 Å². The molecule has 0 aliphatic carbocycles. The van der Waals surface area contributed by atoms with E-state index < -0.39 is 39.4 Å². The molecule has 3 rings (SSSR count). The summed E-state index contributed by atoms with van der Waals surface area (Å²) in [6.45, 7) is 1.65. The normalized spacial score (nSPS) is 18.8. The number of halogens is 2. The van der Waals surface area contributed by atoms with E-state index in [-0.39, 0.29) is 15.5 Å². The molecule has 6 nitrogen and oxygen atoms in total. The molecule has 2 heterocycles. The number of thiophene rings is 1. The molecule has 1 unspecified atom stereocenters. The lowest BCUT2D eigenvalue weighted by Crippen LogP contribution is -2.45. The van der Waals surface area contributed by atoms with Crippen LogP contribution in [0.1, 0.15) is 15.7 Å². The maximum Gasteiger partial charge on any atom is 0.267 e. The minimum absolute atomic E-state index is 0.0839. The summed E-state index contributed by atoms with van der Waals surface area (Å²) in [6, 6.07) is 3.96. The van der Waals surface area contributed by atoms with E-state index in [0.29, 0.717) is 15.2 Å². The molecule has 2 aromatic rings. The molecule has 1 N–H and O–H groups in total. The molecule has 132 valence electrons. The van der Waals surface area contributed by atoms with Crippen LogP contribution in [-0.2, 0) is 19.6 Å². The molecule has 2 amide bonds. The van der Waals surface area contributed by atoms with Gasteiger partial charge in [-0.3, -0.25) is 9.59 Å². The summed E-state index contributed by atoms with van der Waals surface area (Å²) in [5, 5.41) is 2.22. The summed E-state index contributed by atoms with van der Waals surface area (Å²) in [7, 11) is -2.95. The summed E-state index contributed by atoms with van der Waals surface area (Å²) in [5.41, 5.74) is -0.301. The zero-order valence-electron chi connectivity index (χ0n) is 13.0. The summed E-state index contributed by atoms with van der Waals surface area (Å²) in [5.74, 6) is -5.06. The number of sulfonamides is 1. The molecular formula is C15H12F2N2O4S2. The Morgan fingerprint density at radius 1 is 1.28 bits per heavy atom. The molecular weight excluding hydrogens is 374 g/mol. The lowest BCUT2D eigenvalue weighted by molar-refractivity contribution is -0.132. The van der Waals surface area contributed by atoms with Crippen molar-refractivity contribution in [3.63, 3.8) is 0 Å². The van der Waals surface area contributed by atoms with Gasteiger partial charge in [-0.25, -0.2) is 21.5 Å². The lowest BCUT2D eigenvalue weighted by Gasteiger charge is -2.28. The van der Waals surface area contributed by atoms with Gasteiger partial charge in [-0.2, -0.15) is 0 Å². The standard InChI is InChI=1S/C15H12F2N2O4S2/c1-7-5-11-13(24-7)12(15(21)19(2)25(11,22)23)14(20)18-10-4-3-8(16)6-9(10)17/h3-6,12H,1-2H3,(H,18,20). The molecule has 0 fully saturated rings. The van der Waals surface area contributed by atoms with E-state index in [4.69, 9.17) is 0 Å². The van der Waals surface area contributed by atoms with Crippen molar-refractivity contribution in [3.8, 4) is 0 Å². The van der Waals surface area contributed by atoms with E-state index in [1.165, 1.54) is 6.07 Å². The number of hydrogen-bond acceptors (Lipinski definition) is 5. The number of likely N-dealkylation sites (N-methyl/N-ethyl adjacent to an activating group) is 1. The number of hydrogen-bond donors (Lipinski definition) is 1. The van der Waals surface area contributed by atoms with Crippen LogP contribution in [0.15, 0.2) is 29.2 Å². The van der Waals surface area contributed by atoms with Gasteiger partial charge in [0.2, 0.25) is 5.91 Å². The summed E-state index contributed by atoms with van der Waals surface area (Å²) >= 11 is 1.01. The van der Waals surface area contributed by atoms with Gasteiger partial charge in [-0.1, -0.05) is 0 Å². The van der Waals surface area contributed by atoms with Gasteiger partial charge in [-0.15, -0.1) is 11.3 Å². The highest BCUT2D eigenvalue weighted by Gasteiger charge is 2.46. The van der Waals surface area contributed by atoms with Gasteiger partial charge in [0, 0.05) is 22.9 Å². The molecule has 25 heavy (non-hydrogen) atoms. The predicted octanol–water partition coefficient (Wildman–Crippen LogP) is 2.22. The number of benzene rings is 1. The molecule has 0 saturated heterocycles. The van der Waals surface area contributed by atoms with E-state index in [1.807, 2.05) is 0 Å². The number of anilines is 1. The number of aryl methyl sites for hydroxylation is 1. The van der Waals surface area contributed by atoms with Crippen molar-refractivity contribution in [2.75, 3.05) is 12.4 Å². The molecule has 1 aromatic heterocycles. The minimum Gasteiger partial charge on any atom is -0.323 e. The fourth-order valence-corrected chi connectivity index (χ4v) is 5.36. The first-order valence-corrected chi connectivity index (χ1v) is 9.27. The molecule has 0 spiro atoms. The van der Waals surface area contributed by atoms with Gasteiger partial charge >= 0.3 is 0 Å². The fraction of sp³-hybridized carbons (Fsp3) is 0.200. The number of nitrogens with zero attached hydrogens (tertiary/aromatic N) is 1.